The average Bonchev–Trinajstić information content (AvgIpc) is 2.37. The van der Waals surface area contributed by atoms with Crippen LogP contribution in [0, 0.1) is 6.92 Å². The summed E-state index contributed by atoms with van der Waals surface area (Å²) >= 11 is 0. The Kier molecular flexibility index (Phi) is 4.58. The molecule has 0 spiro atoms. The van der Waals surface area contributed by atoms with Gasteiger partial charge < -0.3 is 15.5 Å². The first-order chi connectivity index (χ1) is 9.08. The summed E-state index contributed by atoms with van der Waals surface area (Å²) in [7, 11) is 2.03. The number of rotatable bonds is 4. The van der Waals surface area contributed by atoms with Crippen molar-refractivity contribution < 1.29 is 0 Å². The summed E-state index contributed by atoms with van der Waals surface area (Å²) in [5.74, 6) is 2.78. The fourth-order valence-corrected chi connectivity index (χ4v) is 2.50. The number of hydrogen-bond acceptors (Lipinski definition) is 5. The normalized spacial score (nSPS) is 19.8. The van der Waals surface area contributed by atoms with E-state index in [1.807, 2.05) is 14.0 Å². The van der Waals surface area contributed by atoms with Crippen LogP contribution in [-0.4, -0.2) is 42.2 Å². The Bertz CT molecular complexity index is 418. The van der Waals surface area contributed by atoms with Gasteiger partial charge in [0.25, 0.3) is 0 Å². The van der Waals surface area contributed by atoms with Crippen molar-refractivity contribution in [2.75, 3.05) is 30.4 Å². The van der Waals surface area contributed by atoms with Gasteiger partial charge in [0.05, 0.1) is 0 Å². The highest BCUT2D eigenvalue weighted by molar-refractivity contribution is 5.50. The fraction of sp³-hybridized carbons (Fsp3) is 0.714. The zero-order chi connectivity index (χ0) is 13.8. The minimum atomic E-state index is 0.383. The molecule has 0 amide bonds. The number of anilines is 2. The molecular formula is C14H25N5. The highest BCUT2D eigenvalue weighted by Gasteiger charge is 2.20. The third-order valence-electron chi connectivity index (χ3n) is 3.41. The Labute approximate surface area is 115 Å². The maximum Gasteiger partial charge on any atom is 0.134 e. The largest absolute Gasteiger partial charge is 0.368 e. The summed E-state index contributed by atoms with van der Waals surface area (Å²) in [4.78, 5) is 11.4. The van der Waals surface area contributed by atoms with E-state index in [1.165, 1.54) is 12.8 Å². The number of hydrogen-bond donors (Lipinski definition) is 2. The molecule has 1 unspecified atom stereocenters. The third kappa shape index (κ3) is 3.80. The predicted molar refractivity (Wildman–Crippen MR) is 79.8 cm³/mol. The van der Waals surface area contributed by atoms with Crippen molar-refractivity contribution in [3.05, 3.63) is 11.9 Å². The van der Waals surface area contributed by atoms with Crippen molar-refractivity contribution in [2.24, 2.45) is 0 Å². The van der Waals surface area contributed by atoms with Crippen molar-refractivity contribution in [3.63, 3.8) is 0 Å². The molecule has 0 aliphatic carbocycles. The molecule has 2 rings (SSSR count). The van der Waals surface area contributed by atoms with Crippen LogP contribution >= 0.6 is 0 Å². The maximum atomic E-state index is 4.58. The van der Waals surface area contributed by atoms with Gasteiger partial charge in [0.2, 0.25) is 0 Å². The molecule has 1 aliphatic rings. The molecule has 1 aromatic rings. The Balaban J connectivity index is 2.16. The van der Waals surface area contributed by atoms with Crippen LogP contribution in [0.25, 0.3) is 0 Å². The van der Waals surface area contributed by atoms with Crippen LogP contribution in [-0.2, 0) is 0 Å². The molecule has 2 N–H and O–H groups in total. The van der Waals surface area contributed by atoms with Gasteiger partial charge in [-0.1, -0.05) is 0 Å². The minimum Gasteiger partial charge on any atom is -0.368 e. The standard InChI is InChI=1S/C14H25N5/c1-10(2)16-13-8-14(18-11(3)17-13)19-7-5-6-12(9-19)15-4/h8,10,12,15H,5-7,9H2,1-4H3,(H,16,17,18). The van der Waals surface area contributed by atoms with Gasteiger partial charge in [-0.05, 0) is 40.7 Å². The van der Waals surface area contributed by atoms with Crippen LogP contribution in [0.5, 0.6) is 0 Å². The first kappa shape index (κ1) is 14.1. The number of piperidine rings is 1. The van der Waals surface area contributed by atoms with Gasteiger partial charge in [0.1, 0.15) is 17.5 Å². The SMILES string of the molecule is CNC1CCCN(c2cc(NC(C)C)nc(C)n2)C1. The third-order valence-corrected chi connectivity index (χ3v) is 3.41. The summed E-state index contributed by atoms with van der Waals surface area (Å²) < 4.78 is 0. The lowest BCUT2D eigenvalue weighted by Gasteiger charge is -2.33. The monoisotopic (exact) mass is 263 g/mol. The maximum absolute atomic E-state index is 4.58. The summed E-state index contributed by atoms with van der Waals surface area (Å²) in [6, 6.07) is 3.00. The highest BCUT2D eigenvalue weighted by atomic mass is 15.2. The number of nitrogens with zero attached hydrogens (tertiary/aromatic N) is 3. The first-order valence-corrected chi connectivity index (χ1v) is 7.13. The molecule has 0 radical (unpaired) electrons. The van der Waals surface area contributed by atoms with E-state index in [-0.39, 0.29) is 0 Å². The Morgan fingerprint density at radius 3 is 2.84 bits per heavy atom. The van der Waals surface area contributed by atoms with Crippen LogP contribution in [0.3, 0.4) is 0 Å². The molecule has 5 heteroatoms. The average molecular weight is 263 g/mol. The molecule has 106 valence electrons. The fourth-order valence-electron chi connectivity index (χ4n) is 2.50. The highest BCUT2D eigenvalue weighted by Crippen LogP contribution is 2.20. The van der Waals surface area contributed by atoms with Crippen LogP contribution in [0.4, 0.5) is 11.6 Å². The second-order valence-corrected chi connectivity index (χ2v) is 5.53. The van der Waals surface area contributed by atoms with Gasteiger partial charge in [-0.25, -0.2) is 9.97 Å². The summed E-state index contributed by atoms with van der Waals surface area (Å²) in [6.07, 6.45) is 2.45. The smallest absolute Gasteiger partial charge is 0.134 e. The van der Waals surface area contributed by atoms with Crippen molar-refractivity contribution >= 4 is 11.6 Å². The molecule has 1 atom stereocenters. The zero-order valence-corrected chi connectivity index (χ0v) is 12.4. The molecule has 0 saturated carbocycles. The van der Waals surface area contributed by atoms with Crippen LogP contribution < -0.4 is 15.5 Å². The molecule has 0 aromatic carbocycles. The van der Waals surface area contributed by atoms with Gasteiger partial charge in [0.15, 0.2) is 0 Å². The lowest BCUT2D eigenvalue weighted by atomic mass is 10.1. The van der Waals surface area contributed by atoms with E-state index in [4.69, 9.17) is 0 Å². The number of aryl methyl sites for hydroxylation is 1. The van der Waals surface area contributed by atoms with Crippen LogP contribution in [0.15, 0.2) is 6.07 Å². The van der Waals surface area contributed by atoms with E-state index in [0.29, 0.717) is 12.1 Å². The van der Waals surface area contributed by atoms with Crippen LogP contribution in [0.1, 0.15) is 32.5 Å². The zero-order valence-electron chi connectivity index (χ0n) is 12.4. The van der Waals surface area contributed by atoms with Crippen molar-refractivity contribution in [1.82, 2.24) is 15.3 Å². The molecule has 0 bridgehead atoms. The van der Waals surface area contributed by atoms with Crippen molar-refractivity contribution in [3.8, 4) is 0 Å². The summed E-state index contributed by atoms with van der Waals surface area (Å²) in [6.45, 7) is 8.29. The van der Waals surface area contributed by atoms with E-state index < -0.39 is 0 Å². The van der Waals surface area contributed by atoms with Crippen molar-refractivity contribution in [2.45, 2.75) is 45.7 Å². The quantitative estimate of drug-likeness (QED) is 0.867. The molecule has 1 aromatic heterocycles. The Morgan fingerprint density at radius 2 is 2.16 bits per heavy atom. The Hall–Kier alpha value is -1.36. The van der Waals surface area contributed by atoms with E-state index in [1.54, 1.807) is 0 Å². The predicted octanol–water partition coefficient (Wildman–Crippen LogP) is 1.79. The molecule has 1 fully saturated rings. The van der Waals surface area contributed by atoms with E-state index in [0.717, 1.165) is 30.5 Å². The van der Waals surface area contributed by atoms with Gasteiger partial charge >= 0.3 is 0 Å². The summed E-state index contributed by atoms with van der Waals surface area (Å²) in [5, 5.41) is 6.72. The molecule has 5 nitrogen and oxygen atoms in total. The van der Waals surface area contributed by atoms with E-state index in [2.05, 4.69) is 45.4 Å². The second kappa shape index (κ2) is 6.19. The lowest BCUT2D eigenvalue weighted by Crippen LogP contribution is -2.44. The van der Waals surface area contributed by atoms with Gasteiger partial charge in [0, 0.05) is 31.2 Å². The van der Waals surface area contributed by atoms with E-state index >= 15 is 0 Å². The first-order valence-electron chi connectivity index (χ1n) is 7.13. The minimum absolute atomic E-state index is 0.383. The Morgan fingerprint density at radius 1 is 1.37 bits per heavy atom. The number of aromatic nitrogens is 2. The van der Waals surface area contributed by atoms with Crippen LogP contribution in [0.2, 0.25) is 0 Å². The topological polar surface area (TPSA) is 53.1 Å². The second-order valence-electron chi connectivity index (χ2n) is 5.53. The number of likely N-dealkylation sites (N-methyl/N-ethyl adjacent to an activating group) is 1. The molecular weight excluding hydrogens is 238 g/mol. The van der Waals surface area contributed by atoms with Gasteiger partial charge in [-0.3, -0.25) is 0 Å². The summed E-state index contributed by atoms with van der Waals surface area (Å²) in [5.41, 5.74) is 0. The molecule has 1 aliphatic heterocycles. The number of nitrogens with one attached hydrogen (secondary N) is 2. The lowest BCUT2D eigenvalue weighted by molar-refractivity contribution is 0.447. The van der Waals surface area contributed by atoms with E-state index in [9.17, 15) is 0 Å². The van der Waals surface area contributed by atoms with Gasteiger partial charge in [-0.15, -0.1) is 0 Å². The van der Waals surface area contributed by atoms with Crippen molar-refractivity contribution in [1.29, 1.82) is 0 Å². The molecule has 2 heterocycles. The van der Waals surface area contributed by atoms with Gasteiger partial charge in [-0.2, -0.15) is 0 Å². The molecule has 19 heavy (non-hydrogen) atoms. The molecule has 1 saturated heterocycles.